The van der Waals surface area contributed by atoms with E-state index in [2.05, 4.69) is 25.4 Å². The normalized spacial score (nSPS) is 18.9. The van der Waals surface area contributed by atoms with Gasteiger partial charge >= 0.3 is 0 Å². The lowest BCUT2D eigenvalue weighted by Crippen LogP contribution is -2.44. The Balaban J connectivity index is 1.43. The van der Waals surface area contributed by atoms with Crippen molar-refractivity contribution in [1.82, 2.24) is 24.6 Å². The molecular weight excluding hydrogens is 466 g/mol. The molecule has 3 heterocycles. The molecule has 3 aromatic rings. The van der Waals surface area contributed by atoms with Gasteiger partial charge in [-0.2, -0.15) is 0 Å². The van der Waals surface area contributed by atoms with Gasteiger partial charge in [-0.05, 0) is 37.7 Å². The predicted octanol–water partition coefficient (Wildman–Crippen LogP) is 3.19. The molecule has 33 heavy (non-hydrogen) atoms. The van der Waals surface area contributed by atoms with E-state index in [1.165, 1.54) is 23.7 Å². The fourth-order valence-corrected chi connectivity index (χ4v) is 5.15. The topological polar surface area (TPSA) is 128 Å². The fraction of sp³-hybridized carbons (Fsp3) is 0.400. The molecule has 1 fully saturated rings. The maximum Gasteiger partial charge on any atom is 0.284 e. The van der Waals surface area contributed by atoms with Gasteiger partial charge in [-0.1, -0.05) is 0 Å². The molecule has 0 aliphatic carbocycles. The molecule has 2 aromatic heterocycles. The Bertz CT molecular complexity index is 1150. The molecule has 2 atom stereocenters. The highest BCUT2D eigenvalue weighted by atomic mass is 32.2. The van der Waals surface area contributed by atoms with Crippen LogP contribution in [0.4, 0.5) is 10.8 Å². The third-order valence-electron chi connectivity index (χ3n) is 4.94. The van der Waals surface area contributed by atoms with Gasteiger partial charge in [-0.3, -0.25) is 25.1 Å². The number of hydrogen-bond donors (Lipinski definition) is 1. The molecule has 1 N–H and O–H groups in total. The first-order valence-corrected chi connectivity index (χ1v) is 11.9. The summed E-state index contributed by atoms with van der Waals surface area (Å²) in [6.45, 7) is 6.42. The zero-order chi connectivity index (χ0) is 23.5. The van der Waals surface area contributed by atoms with E-state index >= 15 is 0 Å². The number of anilines is 1. The third-order valence-corrected chi connectivity index (χ3v) is 6.87. The van der Waals surface area contributed by atoms with E-state index in [-0.39, 0.29) is 23.5 Å². The summed E-state index contributed by atoms with van der Waals surface area (Å²) in [5.41, 5.74) is 0.862. The smallest absolute Gasteiger partial charge is 0.284 e. The number of carbonyl (C=O) groups is 1. The number of ether oxygens (including phenoxy) is 1. The first kappa shape index (κ1) is 23.3. The van der Waals surface area contributed by atoms with Crippen LogP contribution in [0.25, 0.3) is 0 Å². The molecule has 13 heteroatoms. The fourth-order valence-electron chi connectivity index (χ4n) is 3.60. The third kappa shape index (κ3) is 5.74. The number of benzene rings is 1. The summed E-state index contributed by atoms with van der Waals surface area (Å²) in [5, 5.41) is 24.9. The number of hydrogen-bond acceptors (Lipinski definition) is 10. The molecule has 0 radical (unpaired) electrons. The Labute approximate surface area is 198 Å². The summed E-state index contributed by atoms with van der Waals surface area (Å²) in [7, 11) is 1.75. The van der Waals surface area contributed by atoms with Crippen LogP contribution in [0.5, 0.6) is 0 Å². The van der Waals surface area contributed by atoms with E-state index in [0.29, 0.717) is 21.7 Å². The molecule has 4 rings (SSSR count). The van der Waals surface area contributed by atoms with Crippen LogP contribution in [-0.4, -0.2) is 60.8 Å². The number of morpholine rings is 1. The minimum atomic E-state index is -0.513. The van der Waals surface area contributed by atoms with E-state index in [9.17, 15) is 14.9 Å². The zero-order valence-corrected chi connectivity index (χ0v) is 19.9. The summed E-state index contributed by atoms with van der Waals surface area (Å²) in [6, 6.07) is 4.35. The quantitative estimate of drug-likeness (QED) is 0.393. The van der Waals surface area contributed by atoms with E-state index in [1.807, 2.05) is 19.2 Å². The van der Waals surface area contributed by atoms with Gasteiger partial charge in [-0.25, -0.2) is 4.98 Å². The van der Waals surface area contributed by atoms with Gasteiger partial charge < -0.3 is 9.30 Å². The summed E-state index contributed by atoms with van der Waals surface area (Å²) >= 11 is 2.44. The van der Waals surface area contributed by atoms with Gasteiger partial charge in [0.1, 0.15) is 6.33 Å². The van der Waals surface area contributed by atoms with E-state index < -0.39 is 10.8 Å². The molecule has 174 valence electrons. The molecule has 1 amide bonds. The molecule has 0 saturated carbocycles. The van der Waals surface area contributed by atoms with Crippen molar-refractivity contribution in [2.45, 2.75) is 42.7 Å². The number of nitro benzene ring substituents is 1. The summed E-state index contributed by atoms with van der Waals surface area (Å²) in [4.78, 5) is 31.0. The molecule has 11 nitrogen and oxygen atoms in total. The minimum Gasteiger partial charge on any atom is -0.373 e. The highest BCUT2D eigenvalue weighted by molar-refractivity contribution is 7.99. The van der Waals surface area contributed by atoms with Crippen molar-refractivity contribution in [1.29, 1.82) is 0 Å². The van der Waals surface area contributed by atoms with Crippen molar-refractivity contribution in [3.05, 3.63) is 51.3 Å². The second-order valence-corrected chi connectivity index (χ2v) is 9.68. The largest absolute Gasteiger partial charge is 0.373 e. The lowest BCUT2D eigenvalue weighted by molar-refractivity contribution is -0.387. The Morgan fingerprint density at radius 2 is 2.12 bits per heavy atom. The zero-order valence-electron chi connectivity index (χ0n) is 18.3. The van der Waals surface area contributed by atoms with Crippen LogP contribution in [0.1, 0.15) is 29.9 Å². The number of rotatable bonds is 7. The Hall–Kier alpha value is -2.87. The maximum atomic E-state index is 12.7. The average Bonchev–Trinajstić information content (AvgIpc) is 3.36. The van der Waals surface area contributed by atoms with Crippen LogP contribution in [-0.2, 0) is 18.3 Å². The standard InChI is InChI=1S/C20H23N7O4S2/c1-12-7-26(8-13(2)31-12)9-15-10-32-19(22-15)23-18(28)14-4-5-17(16(6-14)27(29)30)33-20-24-21-11-25(20)3/h4-6,10-13H,7-9H2,1-3H3,(H,22,23,28). The van der Waals surface area contributed by atoms with Gasteiger partial charge in [0, 0.05) is 43.7 Å². The van der Waals surface area contributed by atoms with Crippen LogP contribution >= 0.6 is 23.1 Å². The first-order chi connectivity index (χ1) is 15.8. The number of nitrogens with zero attached hydrogens (tertiary/aromatic N) is 6. The maximum absolute atomic E-state index is 12.7. The Morgan fingerprint density at radius 1 is 1.36 bits per heavy atom. The van der Waals surface area contributed by atoms with Crippen molar-refractivity contribution in [2.24, 2.45) is 7.05 Å². The van der Waals surface area contributed by atoms with E-state index in [1.54, 1.807) is 23.7 Å². The lowest BCUT2D eigenvalue weighted by atomic mass is 10.2. The summed E-state index contributed by atoms with van der Waals surface area (Å²) < 4.78 is 7.42. The monoisotopic (exact) mass is 489 g/mol. The second kappa shape index (κ2) is 9.95. The van der Waals surface area contributed by atoms with Crippen LogP contribution in [0.3, 0.4) is 0 Å². The molecule has 0 spiro atoms. The molecule has 2 unspecified atom stereocenters. The van der Waals surface area contributed by atoms with E-state index in [4.69, 9.17) is 4.74 Å². The van der Waals surface area contributed by atoms with Crippen LogP contribution < -0.4 is 5.32 Å². The predicted molar refractivity (Wildman–Crippen MR) is 124 cm³/mol. The number of thiazole rings is 1. The van der Waals surface area contributed by atoms with Crippen LogP contribution in [0.2, 0.25) is 0 Å². The second-order valence-electron chi connectivity index (χ2n) is 7.82. The highest BCUT2D eigenvalue weighted by Gasteiger charge is 2.23. The van der Waals surface area contributed by atoms with Crippen LogP contribution in [0, 0.1) is 10.1 Å². The molecule has 1 aliphatic rings. The molecule has 1 saturated heterocycles. The molecular formula is C20H23N7O4S2. The minimum absolute atomic E-state index is 0.164. The summed E-state index contributed by atoms with van der Waals surface area (Å²) in [5.74, 6) is -0.456. The number of nitrogens with one attached hydrogen (secondary N) is 1. The molecule has 0 bridgehead atoms. The van der Waals surface area contributed by atoms with Gasteiger partial charge in [0.25, 0.3) is 11.6 Å². The van der Waals surface area contributed by atoms with Crippen molar-refractivity contribution in [2.75, 3.05) is 18.4 Å². The average molecular weight is 490 g/mol. The SMILES string of the molecule is CC1CN(Cc2csc(NC(=O)c3ccc(Sc4nncn4C)c([N+](=O)[O-])c3)n2)CC(C)O1. The van der Waals surface area contributed by atoms with Gasteiger partial charge in [-0.15, -0.1) is 21.5 Å². The van der Waals surface area contributed by atoms with Crippen molar-refractivity contribution in [3.63, 3.8) is 0 Å². The Kier molecular flexibility index (Phi) is 7.02. The first-order valence-electron chi connectivity index (χ1n) is 10.2. The van der Waals surface area contributed by atoms with E-state index in [0.717, 1.165) is 30.5 Å². The van der Waals surface area contributed by atoms with Crippen molar-refractivity contribution in [3.8, 4) is 0 Å². The van der Waals surface area contributed by atoms with Gasteiger partial charge in [0.15, 0.2) is 10.3 Å². The Morgan fingerprint density at radius 3 is 2.79 bits per heavy atom. The van der Waals surface area contributed by atoms with Crippen molar-refractivity contribution < 1.29 is 14.5 Å². The number of carbonyl (C=O) groups excluding carboxylic acids is 1. The van der Waals surface area contributed by atoms with Gasteiger partial charge in [0.05, 0.1) is 27.7 Å². The number of nitro groups is 1. The van der Waals surface area contributed by atoms with Crippen molar-refractivity contribution >= 4 is 39.8 Å². The molecule has 1 aromatic carbocycles. The number of aryl methyl sites for hydroxylation is 1. The lowest BCUT2D eigenvalue weighted by Gasteiger charge is -2.34. The van der Waals surface area contributed by atoms with Gasteiger partial charge in [0.2, 0.25) is 0 Å². The summed E-state index contributed by atoms with van der Waals surface area (Å²) in [6.07, 6.45) is 1.84. The van der Waals surface area contributed by atoms with Crippen LogP contribution in [0.15, 0.2) is 40.0 Å². The number of amides is 1. The highest BCUT2D eigenvalue weighted by Crippen LogP contribution is 2.34. The molecule has 1 aliphatic heterocycles. The number of aromatic nitrogens is 4.